The molecule has 6 heteroatoms. The molecule has 126 valence electrons. The van der Waals surface area contributed by atoms with Gasteiger partial charge < -0.3 is 9.90 Å². The van der Waals surface area contributed by atoms with E-state index >= 15 is 0 Å². The van der Waals surface area contributed by atoms with E-state index in [2.05, 4.69) is 20.8 Å². The van der Waals surface area contributed by atoms with Crippen LogP contribution in [0, 0.1) is 10.8 Å². The molecular weight excluding hydrogens is 314 g/mol. The zero-order chi connectivity index (χ0) is 17.0. The Balaban J connectivity index is 1.98. The summed E-state index contributed by atoms with van der Waals surface area (Å²) < 4.78 is 27.6. The summed E-state index contributed by atoms with van der Waals surface area (Å²) in [4.78, 5) is 11.0. The monoisotopic (exact) mass is 336 g/mol. The summed E-state index contributed by atoms with van der Waals surface area (Å²) in [6.07, 6.45) is 2.71. The van der Waals surface area contributed by atoms with E-state index in [4.69, 9.17) is 0 Å². The third-order valence-electron chi connectivity index (χ3n) is 5.04. The Labute approximate surface area is 137 Å². The lowest BCUT2D eigenvalue weighted by Crippen LogP contribution is -2.37. The number of carbonyl (C=O) groups excluding carboxylic acids is 1. The lowest BCUT2D eigenvalue weighted by molar-refractivity contribution is -0.255. The molecule has 1 heterocycles. The topological polar surface area (TPSA) is 77.5 Å². The van der Waals surface area contributed by atoms with Crippen LogP contribution in [0.2, 0.25) is 0 Å². The van der Waals surface area contributed by atoms with Crippen LogP contribution in [0.1, 0.15) is 50.4 Å². The highest BCUT2D eigenvalue weighted by Crippen LogP contribution is 2.53. The Morgan fingerprint density at radius 1 is 1.26 bits per heavy atom. The molecule has 2 bridgehead atoms. The van der Waals surface area contributed by atoms with Gasteiger partial charge in [0.15, 0.2) is 0 Å². The molecule has 2 atom stereocenters. The fourth-order valence-electron chi connectivity index (χ4n) is 4.61. The van der Waals surface area contributed by atoms with Gasteiger partial charge >= 0.3 is 0 Å². The smallest absolute Gasteiger partial charge is 0.243 e. The highest BCUT2D eigenvalue weighted by atomic mass is 32.2. The number of carboxylic acids is 1. The number of aromatic carboxylic acids is 1. The fraction of sp³-hybridized carbons (Fsp3) is 0.588. The molecule has 3 rings (SSSR count). The van der Waals surface area contributed by atoms with Crippen LogP contribution in [0.3, 0.4) is 0 Å². The quantitative estimate of drug-likeness (QED) is 0.841. The van der Waals surface area contributed by atoms with Crippen molar-refractivity contribution in [2.24, 2.45) is 10.8 Å². The van der Waals surface area contributed by atoms with Crippen molar-refractivity contribution >= 4 is 16.0 Å². The summed E-state index contributed by atoms with van der Waals surface area (Å²) in [7, 11) is -3.70. The Hall–Kier alpha value is -1.40. The Morgan fingerprint density at radius 3 is 2.61 bits per heavy atom. The first kappa shape index (κ1) is 16.5. The second-order valence-corrected chi connectivity index (χ2v) is 9.97. The van der Waals surface area contributed by atoms with Crippen molar-refractivity contribution < 1.29 is 18.3 Å². The minimum Gasteiger partial charge on any atom is -0.545 e. The molecule has 0 aromatic heterocycles. The van der Waals surface area contributed by atoms with Crippen LogP contribution in [-0.4, -0.2) is 31.3 Å². The highest BCUT2D eigenvalue weighted by Gasteiger charge is 2.53. The zero-order valence-electron chi connectivity index (χ0n) is 13.7. The normalized spacial score (nSPS) is 30.3. The van der Waals surface area contributed by atoms with Gasteiger partial charge in [-0.05, 0) is 47.8 Å². The standard InChI is InChI=1S/C17H23NO4S/c1-16(2)8-13-9-17(3,10-16)11-18(13)23(21,22)14-6-4-5-12(7-14)15(19)20/h4-7,13H,8-11H2,1-3H3,(H,19,20)/p-1/t13-,17+/m1/s1. The lowest BCUT2D eigenvalue weighted by atomic mass is 9.65. The van der Waals surface area contributed by atoms with Gasteiger partial charge in [-0.1, -0.05) is 32.9 Å². The van der Waals surface area contributed by atoms with E-state index in [9.17, 15) is 18.3 Å². The van der Waals surface area contributed by atoms with Gasteiger partial charge in [0.2, 0.25) is 10.0 Å². The van der Waals surface area contributed by atoms with Gasteiger partial charge in [-0.2, -0.15) is 4.31 Å². The van der Waals surface area contributed by atoms with Crippen molar-refractivity contribution in [3.63, 3.8) is 0 Å². The van der Waals surface area contributed by atoms with Crippen LogP contribution >= 0.6 is 0 Å². The summed E-state index contributed by atoms with van der Waals surface area (Å²) in [5, 5.41) is 11.0. The lowest BCUT2D eigenvalue weighted by Gasteiger charge is -2.39. The molecule has 0 unspecified atom stereocenters. The van der Waals surface area contributed by atoms with E-state index in [1.807, 2.05) is 0 Å². The van der Waals surface area contributed by atoms with Gasteiger partial charge in [-0.25, -0.2) is 8.42 Å². The number of carbonyl (C=O) groups is 1. The molecule has 0 spiro atoms. The largest absolute Gasteiger partial charge is 0.545 e. The average molecular weight is 336 g/mol. The number of benzene rings is 1. The summed E-state index contributed by atoms with van der Waals surface area (Å²) >= 11 is 0. The van der Waals surface area contributed by atoms with Crippen molar-refractivity contribution in [1.82, 2.24) is 4.31 Å². The van der Waals surface area contributed by atoms with Crippen LogP contribution in [0.5, 0.6) is 0 Å². The van der Waals surface area contributed by atoms with Crippen LogP contribution in [0.15, 0.2) is 29.2 Å². The minimum atomic E-state index is -3.70. The van der Waals surface area contributed by atoms with Crippen LogP contribution in [0.4, 0.5) is 0 Å². The van der Waals surface area contributed by atoms with Crippen molar-refractivity contribution in [2.75, 3.05) is 6.54 Å². The minimum absolute atomic E-state index is 0.00848. The van der Waals surface area contributed by atoms with Gasteiger partial charge in [0, 0.05) is 12.6 Å². The highest BCUT2D eigenvalue weighted by molar-refractivity contribution is 7.89. The van der Waals surface area contributed by atoms with Gasteiger partial charge in [0.25, 0.3) is 0 Å². The van der Waals surface area contributed by atoms with Gasteiger partial charge in [0.05, 0.1) is 10.9 Å². The number of hydrogen-bond donors (Lipinski definition) is 0. The summed E-state index contributed by atoms with van der Waals surface area (Å²) in [6.45, 7) is 7.02. The fourth-order valence-corrected chi connectivity index (χ4v) is 6.43. The second kappa shape index (κ2) is 5.05. The van der Waals surface area contributed by atoms with Crippen LogP contribution < -0.4 is 5.11 Å². The third kappa shape index (κ3) is 2.90. The molecule has 0 N–H and O–H groups in total. The van der Waals surface area contributed by atoms with Crippen molar-refractivity contribution in [3.8, 4) is 0 Å². The number of rotatable bonds is 3. The predicted octanol–water partition coefficient (Wildman–Crippen LogP) is 1.64. The maximum Gasteiger partial charge on any atom is 0.243 e. The van der Waals surface area contributed by atoms with E-state index in [1.54, 1.807) is 4.31 Å². The Bertz CT molecular complexity index is 756. The molecule has 1 aliphatic carbocycles. The molecule has 1 aromatic rings. The van der Waals surface area contributed by atoms with E-state index in [-0.39, 0.29) is 27.3 Å². The third-order valence-corrected chi connectivity index (χ3v) is 6.94. The first-order chi connectivity index (χ1) is 10.5. The van der Waals surface area contributed by atoms with Crippen LogP contribution in [0.25, 0.3) is 0 Å². The van der Waals surface area contributed by atoms with Gasteiger partial charge in [-0.15, -0.1) is 0 Å². The first-order valence-corrected chi connectivity index (χ1v) is 9.30. The molecule has 23 heavy (non-hydrogen) atoms. The number of nitrogens with zero attached hydrogens (tertiary/aromatic N) is 1. The van der Waals surface area contributed by atoms with E-state index in [0.717, 1.165) is 19.3 Å². The SMILES string of the molecule is CC1(C)C[C@@H]2C[C@](C)(CN2S(=O)(=O)c2cccc(C(=O)[O-])c2)C1. The number of carboxylic acid groups (broad SMARTS) is 1. The molecule has 0 amide bonds. The molecule has 0 radical (unpaired) electrons. The maximum atomic E-state index is 13.0. The first-order valence-electron chi connectivity index (χ1n) is 7.86. The number of hydrogen-bond acceptors (Lipinski definition) is 4. The van der Waals surface area contributed by atoms with Gasteiger partial charge in [-0.3, -0.25) is 0 Å². The maximum absolute atomic E-state index is 13.0. The molecule has 1 saturated carbocycles. The summed E-state index contributed by atoms with van der Waals surface area (Å²) in [5.74, 6) is -1.37. The van der Waals surface area contributed by atoms with Crippen molar-refractivity contribution in [1.29, 1.82) is 0 Å². The van der Waals surface area contributed by atoms with Crippen molar-refractivity contribution in [2.45, 2.75) is 51.0 Å². The molecular formula is C17H22NO4S-. The summed E-state index contributed by atoms with van der Waals surface area (Å²) in [5.41, 5.74) is 0.0000195. The average Bonchev–Trinajstić information content (AvgIpc) is 2.68. The Morgan fingerprint density at radius 2 is 1.96 bits per heavy atom. The van der Waals surface area contributed by atoms with E-state index in [1.165, 1.54) is 24.3 Å². The molecule has 1 saturated heterocycles. The Kier molecular flexibility index (Phi) is 3.61. The number of fused-ring (bicyclic) bond motifs is 2. The summed E-state index contributed by atoms with van der Waals surface area (Å²) in [6, 6.07) is 5.44. The molecule has 1 aliphatic heterocycles. The predicted molar refractivity (Wildman–Crippen MR) is 84.2 cm³/mol. The van der Waals surface area contributed by atoms with E-state index in [0.29, 0.717) is 6.54 Å². The molecule has 5 nitrogen and oxygen atoms in total. The van der Waals surface area contributed by atoms with Gasteiger partial charge in [0.1, 0.15) is 0 Å². The van der Waals surface area contributed by atoms with Crippen LogP contribution in [-0.2, 0) is 10.0 Å². The second-order valence-electron chi connectivity index (χ2n) is 8.08. The van der Waals surface area contributed by atoms with E-state index < -0.39 is 16.0 Å². The van der Waals surface area contributed by atoms with Crippen molar-refractivity contribution in [3.05, 3.63) is 29.8 Å². The zero-order valence-corrected chi connectivity index (χ0v) is 14.5. The molecule has 2 fully saturated rings. The molecule has 2 aliphatic rings. The molecule has 1 aromatic carbocycles. The number of sulfonamides is 1.